The van der Waals surface area contributed by atoms with Crippen LogP contribution < -0.4 is 16.1 Å². The van der Waals surface area contributed by atoms with E-state index < -0.39 is 0 Å². The van der Waals surface area contributed by atoms with Crippen molar-refractivity contribution in [1.82, 2.24) is 0 Å². The van der Waals surface area contributed by atoms with Crippen LogP contribution >= 0.6 is 0 Å². The minimum Gasteiger partial charge on any atom is -0.464 e. The summed E-state index contributed by atoms with van der Waals surface area (Å²) in [4.78, 5) is 21.9. The molecule has 0 N–H and O–H groups in total. The van der Waals surface area contributed by atoms with Crippen molar-refractivity contribution in [2.24, 2.45) is 0 Å². The summed E-state index contributed by atoms with van der Waals surface area (Å²) < 4.78 is 5.13. The fraction of sp³-hybridized carbons (Fsp3) is 0.200. The fourth-order valence-corrected chi connectivity index (χ4v) is 1.39. The van der Waals surface area contributed by atoms with E-state index >= 15 is 0 Å². The van der Waals surface area contributed by atoms with Crippen LogP contribution in [0.5, 0.6) is 0 Å². The molecular weight excluding hydrogens is 168 g/mol. The molecule has 1 aliphatic rings. The van der Waals surface area contributed by atoms with E-state index in [1.54, 1.807) is 0 Å². The second-order valence-electron chi connectivity index (χ2n) is 2.90. The van der Waals surface area contributed by atoms with Crippen molar-refractivity contribution < 1.29 is 9.21 Å². The van der Waals surface area contributed by atoms with Crippen molar-refractivity contribution in [2.75, 3.05) is 0 Å². The Morgan fingerprint density at radius 3 is 2.85 bits per heavy atom. The van der Waals surface area contributed by atoms with Gasteiger partial charge in [-0.2, -0.15) is 0 Å². The summed E-state index contributed by atoms with van der Waals surface area (Å²) in [5, 5.41) is 0.524. The Bertz CT molecular complexity index is 508. The van der Waals surface area contributed by atoms with Crippen LogP contribution in [-0.2, 0) is 0 Å². The van der Waals surface area contributed by atoms with Crippen molar-refractivity contribution in [3.8, 4) is 0 Å². The van der Waals surface area contributed by atoms with Gasteiger partial charge in [0.2, 0.25) is 5.43 Å². The van der Waals surface area contributed by atoms with E-state index in [9.17, 15) is 9.59 Å². The Labute approximate surface area is 74.0 Å². The van der Waals surface area contributed by atoms with Crippen molar-refractivity contribution >= 4 is 18.4 Å². The molecule has 1 aromatic rings. The van der Waals surface area contributed by atoms with Gasteiger partial charge in [0.25, 0.3) is 0 Å². The Morgan fingerprint density at radius 1 is 1.31 bits per heavy atom. The van der Waals surface area contributed by atoms with Gasteiger partial charge in [-0.15, -0.1) is 0 Å². The van der Waals surface area contributed by atoms with Crippen molar-refractivity contribution in [2.45, 2.75) is 12.8 Å². The molecule has 13 heavy (non-hydrogen) atoms. The Morgan fingerprint density at radius 2 is 2.08 bits per heavy atom. The van der Waals surface area contributed by atoms with Gasteiger partial charge < -0.3 is 4.42 Å². The molecule has 1 heterocycles. The van der Waals surface area contributed by atoms with Crippen molar-refractivity contribution in [3.63, 3.8) is 0 Å². The van der Waals surface area contributed by atoms with E-state index in [-0.39, 0.29) is 11.0 Å². The van der Waals surface area contributed by atoms with E-state index in [0.717, 1.165) is 12.8 Å². The molecule has 0 unspecified atom stereocenters. The molecule has 1 aliphatic carbocycles. The highest BCUT2D eigenvalue weighted by Gasteiger charge is 2.03. The summed E-state index contributed by atoms with van der Waals surface area (Å²) in [5.41, 5.74) is 0.444. The Kier molecular flexibility index (Phi) is 1.85. The maximum absolute atomic E-state index is 11.5. The number of aldehydes is 1. The first-order valence-corrected chi connectivity index (χ1v) is 4.10. The van der Waals surface area contributed by atoms with Crippen molar-refractivity contribution in [3.05, 3.63) is 32.7 Å². The number of fused-ring (bicyclic) bond motifs is 1. The van der Waals surface area contributed by atoms with E-state index in [0.29, 0.717) is 16.9 Å². The van der Waals surface area contributed by atoms with Gasteiger partial charge in [0.05, 0.1) is 10.8 Å². The lowest BCUT2D eigenvalue weighted by Crippen LogP contribution is -2.41. The highest BCUT2D eigenvalue weighted by molar-refractivity contribution is 5.73. The number of rotatable bonds is 1. The SMILES string of the molecule is O=Cc1coc2c(c1=O)=CCCC=2. The lowest BCUT2D eigenvalue weighted by atomic mass is 10.1. The highest BCUT2D eigenvalue weighted by Crippen LogP contribution is 1.93. The largest absolute Gasteiger partial charge is 0.464 e. The molecule has 1 aromatic heterocycles. The molecule has 0 saturated heterocycles. The first kappa shape index (κ1) is 7.98. The van der Waals surface area contributed by atoms with Crippen LogP contribution in [0, 0.1) is 0 Å². The molecule has 3 nitrogen and oxygen atoms in total. The number of hydrogen-bond donors (Lipinski definition) is 0. The summed E-state index contributed by atoms with van der Waals surface area (Å²) >= 11 is 0. The number of carbonyl (C=O) groups excluding carboxylic acids is 1. The van der Waals surface area contributed by atoms with Crippen LogP contribution in [0.2, 0.25) is 0 Å². The zero-order valence-electron chi connectivity index (χ0n) is 6.95. The van der Waals surface area contributed by atoms with Gasteiger partial charge in [-0.3, -0.25) is 9.59 Å². The topological polar surface area (TPSA) is 47.3 Å². The second kappa shape index (κ2) is 3.01. The van der Waals surface area contributed by atoms with Crippen LogP contribution in [0.4, 0.5) is 0 Å². The van der Waals surface area contributed by atoms with Gasteiger partial charge in [0, 0.05) is 0 Å². The molecule has 3 heteroatoms. The monoisotopic (exact) mass is 176 g/mol. The first-order valence-electron chi connectivity index (χ1n) is 4.10. The van der Waals surface area contributed by atoms with E-state index in [2.05, 4.69) is 0 Å². The maximum atomic E-state index is 11.5. The zero-order valence-corrected chi connectivity index (χ0v) is 6.95. The lowest BCUT2D eigenvalue weighted by molar-refractivity contribution is 0.112. The molecule has 0 saturated carbocycles. The molecule has 0 aliphatic heterocycles. The van der Waals surface area contributed by atoms with Gasteiger partial charge in [-0.05, 0) is 18.9 Å². The predicted octanol–water partition coefficient (Wildman–Crippen LogP) is -0.193. The molecule has 0 amide bonds. The quantitative estimate of drug-likeness (QED) is 0.557. The molecule has 2 rings (SSSR count). The summed E-state index contributed by atoms with van der Waals surface area (Å²) in [6.45, 7) is 0. The van der Waals surface area contributed by atoms with Crippen molar-refractivity contribution in [1.29, 1.82) is 0 Å². The first-order chi connectivity index (χ1) is 6.33. The third kappa shape index (κ3) is 1.22. The van der Waals surface area contributed by atoms with E-state index in [1.165, 1.54) is 6.26 Å². The van der Waals surface area contributed by atoms with Crippen LogP contribution in [0.1, 0.15) is 23.2 Å². The summed E-state index contributed by atoms with van der Waals surface area (Å²) in [6.07, 6.45) is 7.13. The van der Waals surface area contributed by atoms with Crippen LogP contribution in [-0.4, -0.2) is 6.29 Å². The zero-order chi connectivity index (χ0) is 9.26. The third-order valence-corrected chi connectivity index (χ3v) is 2.06. The number of carbonyl (C=O) groups is 1. The molecule has 0 atom stereocenters. The molecule has 66 valence electrons. The maximum Gasteiger partial charge on any atom is 0.202 e. The molecule has 0 fully saturated rings. The van der Waals surface area contributed by atoms with Gasteiger partial charge in [0.1, 0.15) is 11.7 Å². The van der Waals surface area contributed by atoms with Gasteiger partial charge in [-0.1, -0.05) is 6.08 Å². The lowest BCUT2D eigenvalue weighted by Gasteiger charge is -1.97. The fourth-order valence-electron chi connectivity index (χ4n) is 1.39. The normalized spacial score (nSPS) is 13.8. The van der Waals surface area contributed by atoms with Crippen LogP contribution in [0.15, 0.2) is 15.5 Å². The highest BCUT2D eigenvalue weighted by atomic mass is 16.3. The van der Waals surface area contributed by atoms with E-state index in [4.69, 9.17) is 4.42 Å². The molecule has 0 radical (unpaired) electrons. The smallest absolute Gasteiger partial charge is 0.202 e. The van der Waals surface area contributed by atoms with Gasteiger partial charge >= 0.3 is 0 Å². The van der Waals surface area contributed by atoms with Crippen LogP contribution in [0.25, 0.3) is 12.2 Å². The second-order valence-corrected chi connectivity index (χ2v) is 2.90. The standard InChI is InChI=1S/C10H8O3/c11-5-7-6-13-9-4-2-1-3-8(9)10(7)12/h3-6H,1-2H2. The molecule has 0 spiro atoms. The Balaban J connectivity index is 2.93. The van der Waals surface area contributed by atoms with Gasteiger partial charge in [0.15, 0.2) is 6.29 Å². The summed E-state index contributed by atoms with van der Waals surface area (Å²) in [7, 11) is 0. The van der Waals surface area contributed by atoms with E-state index in [1.807, 2.05) is 12.2 Å². The molecule has 0 bridgehead atoms. The minimum atomic E-state index is -0.229. The average Bonchev–Trinajstić information content (AvgIpc) is 2.19. The number of hydrogen-bond acceptors (Lipinski definition) is 3. The molecule has 0 aromatic carbocycles. The summed E-state index contributed by atoms with van der Waals surface area (Å²) in [5.74, 6) is 0. The van der Waals surface area contributed by atoms with Crippen LogP contribution in [0.3, 0.4) is 0 Å². The average molecular weight is 176 g/mol. The molecular formula is C10H8O3. The minimum absolute atomic E-state index is 0.0882. The summed E-state index contributed by atoms with van der Waals surface area (Å²) in [6, 6.07) is 0. The van der Waals surface area contributed by atoms with Gasteiger partial charge in [-0.25, -0.2) is 0 Å². The Hall–Kier alpha value is -1.64. The predicted molar refractivity (Wildman–Crippen MR) is 47.8 cm³/mol. The third-order valence-electron chi connectivity index (χ3n) is 2.06.